The molecule has 146 valence electrons. The summed E-state index contributed by atoms with van der Waals surface area (Å²) in [6, 6.07) is 14.5. The number of aryl methyl sites for hydroxylation is 1. The zero-order valence-corrected chi connectivity index (χ0v) is 16.5. The van der Waals surface area contributed by atoms with Gasteiger partial charge in [0.15, 0.2) is 5.82 Å². The number of benzene rings is 2. The van der Waals surface area contributed by atoms with Crippen molar-refractivity contribution in [3.8, 4) is 5.75 Å². The molecule has 0 atom stereocenters. The second-order valence-electron chi connectivity index (χ2n) is 6.87. The maximum Gasteiger partial charge on any atom is 0.243 e. The van der Waals surface area contributed by atoms with Crippen molar-refractivity contribution in [2.24, 2.45) is 0 Å². The van der Waals surface area contributed by atoms with Gasteiger partial charge in [-0.25, -0.2) is 8.42 Å². The van der Waals surface area contributed by atoms with Gasteiger partial charge in [0, 0.05) is 25.1 Å². The van der Waals surface area contributed by atoms with Gasteiger partial charge >= 0.3 is 0 Å². The standard InChI is InChI=1S/C20H21N3O4S/c1-14-7-9-17(10-8-14)28(24,25)23-12-16(13-23)20-21-19(22-27-20)11-15-5-3-4-6-18(15)26-2/h3-10,16H,11-13H2,1-2H3. The molecule has 0 N–H and O–H groups in total. The Kier molecular flexibility index (Phi) is 4.91. The highest BCUT2D eigenvalue weighted by Crippen LogP contribution is 2.31. The maximum absolute atomic E-state index is 12.7. The van der Waals surface area contributed by atoms with Crippen LogP contribution in [0.5, 0.6) is 5.75 Å². The lowest BCUT2D eigenvalue weighted by molar-refractivity contribution is 0.216. The van der Waals surface area contributed by atoms with E-state index in [0.29, 0.717) is 36.1 Å². The fourth-order valence-electron chi connectivity index (χ4n) is 3.17. The van der Waals surface area contributed by atoms with Gasteiger partial charge in [-0.15, -0.1) is 0 Å². The van der Waals surface area contributed by atoms with Crippen molar-refractivity contribution in [3.05, 3.63) is 71.4 Å². The van der Waals surface area contributed by atoms with Crippen molar-refractivity contribution in [1.29, 1.82) is 0 Å². The molecule has 2 aromatic carbocycles. The monoisotopic (exact) mass is 399 g/mol. The van der Waals surface area contributed by atoms with Crippen molar-refractivity contribution in [1.82, 2.24) is 14.4 Å². The molecule has 0 spiro atoms. The van der Waals surface area contributed by atoms with Crippen LogP contribution in [0.15, 0.2) is 57.9 Å². The molecule has 0 radical (unpaired) electrons. The maximum atomic E-state index is 12.7. The number of aromatic nitrogens is 2. The van der Waals surface area contributed by atoms with Crippen LogP contribution in [0, 0.1) is 6.92 Å². The first kappa shape index (κ1) is 18.6. The third-order valence-corrected chi connectivity index (χ3v) is 6.73. The zero-order valence-electron chi connectivity index (χ0n) is 15.7. The van der Waals surface area contributed by atoms with Gasteiger partial charge in [-0.2, -0.15) is 9.29 Å². The molecular weight excluding hydrogens is 378 g/mol. The van der Waals surface area contributed by atoms with Crippen molar-refractivity contribution in [2.45, 2.75) is 24.2 Å². The van der Waals surface area contributed by atoms with Gasteiger partial charge in [0.25, 0.3) is 0 Å². The lowest BCUT2D eigenvalue weighted by Crippen LogP contribution is -2.48. The average molecular weight is 399 g/mol. The highest BCUT2D eigenvalue weighted by atomic mass is 32.2. The van der Waals surface area contributed by atoms with Crippen LogP contribution >= 0.6 is 0 Å². The van der Waals surface area contributed by atoms with Gasteiger partial charge < -0.3 is 9.26 Å². The van der Waals surface area contributed by atoms with Gasteiger partial charge in [-0.05, 0) is 25.1 Å². The summed E-state index contributed by atoms with van der Waals surface area (Å²) in [5.74, 6) is 1.71. The van der Waals surface area contributed by atoms with E-state index in [1.807, 2.05) is 31.2 Å². The van der Waals surface area contributed by atoms with E-state index < -0.39 is 10.0 Å². The Morgan fingerprint density at radius 1 is 1.14 bits per heavy atom. The third-order valence-electron chi connectivity index (χ3n) is 4.88. The Morgan fingerprint density at radius 2 is 1.86 bits per heavy atom. The summed E-state index contributed by atoms with van der Waals surface area (Å²) in [5.41, 5.74) is 1.99. The molecule has 1 aliphatic heterocycles. The summed E-state index contributed by atoms with van der Waals surface area (Å²) in [5, 5.41) is 4.04. The number of methoxy groups -OCH3 is 1. The fraction of sp³-hybridized carbons (Fsp3) is 0.300. The lowest BCUT2D eigenvalue weighted by atomic mass is 10.0. The summed E-state index contributed by atoms with van der Waals surface area (Å²) in [6.07, 6.45) is 0.492. The van der Waals surface area contributed by atoms with Crippen LogP contribution < -0.4 is 4.74 Å². The summed E-state index contributed by atoms with van der Waals surface area (Å²) in [7, 11) is -1.86. The van der Waals surface area contributed by atoms with E-state index in [2.05, 4.69) is 10.1 Å². The number of sulfonamides is 1. The largest absolute Gasteiger partial charge is 0.496 e. The second-order valence-corrected chi connectivity index (χ2v) is 8.81. The van der Waals surface area contributed by atoms with E-state index in [1.165, 1.54) is 4.31 Å². The summed E-state index contributed by atoms with van der Waals surface area (Å²) >= 11 is 0. The van der Waals surface area contributed by atoms with Crippen molar-refractivity contribution < 1.29 is 17.7 Å². The molecule has 28 heavy (non-hydrogen) atoms. The van der Waals surface area contributed by atoms with Gasteiger partial charge in [0.1, 0.15) is 5.75 Å². The molecule has 3 aromatic rings. The SMILES string of the molecule is COc1ccccc1Cc1noc(C2CN(S(=O)(=O)c3ccc(C)cc3)C2)n1. The minimum Gasteiger partial charge on any atom is -0.496 e. The van der Waals surface area contributed by atoms with Crippen molar-refractivity contribution >= 4 is 10.0 Å². The molecule has 0 aliphatic carbocycles. The van der Waals surface area contributed by atoms with E-state index >= 15 is 0 Å². The molecule has 1 fully saturated rings. The predicted molar refractivity (Wildman–Crippen MR) is 103 cm³/mol. The van der Waals surface area contributed by atoms with Crippen LogP contribution in [-0.4, -0.2) is 43.1 Å². The van der Waals surface area contributed by atoms with Crippen LogP contribution in [0.4, 0.5) is 0 Å². The molecule has 0 bridgehead atoms. The number of nitrogens with zero attached hydrogens (tertiary/aromatic N) is 3. The van der Waals surface area contributed by atoms with E-state index in [1.54, 1.807) is 31.4 Å². The van der Waals surface area contributed by atoms with Crippen LogP contribution in [0.2, 0.25) is 0 Å². The van der Waals surface area contributed by atoms with E-state index in [9.17, 15) is 8.42 Å². The van der Waals surface area contributed by atoms with Gasteiger partial charge in [-0.3, -0.25) is 0 Å². The molecule has 0 saturated carbocycles. The fourth-order valence-corrected chi connectivity index (χ4v) is 4.70. The Balaban J connectivity index is 1.42. The lowest BCUT2D eigenvalue weighted by Gasteiger charge is -2.35. The van der Waals surface area contributed by atoms with E-state index in [-0.39, 0.29) is 5.92 Å². The number of ether oxygens (including phenoxy) is 1. The van der Waals surface area contributed by atoms with Crippen molar-refractivity contribution in [3.63, 3.8) is 0 Å². The molecule has 1 saturated heterocycles. The highest BCUT2D eigenvalue weighted by Gasteiger charge is 2.40. The Labute approximate surface area is 164 Å². The summed E-state index contributed by atoms with van der Waals surface area (Å²) < 4.78 is 37.5. The number of hydrogen-bond acceptors (Lipinski definition) is 6. The van der Waals surface area contributed by atoms with Crippen molar-refractivity contribution in [2.75, 3.05) is 20.2 Å². The van der Waals surface area contributed by atoms with E-state index in [4.69, 9.17) is 9.26 Å². The molecule has 8 heteroatoms. The first-order valence-corrected chi connectivity index (χ1v) is 10.4. The first-order valence-electron chi connectivity index (χ1n) is 8.98. The van der Waals surface area contributed by atoms with Gasteiger partial charge in [0.05, 0.1) is 17.9 Å². The van der Waals surface area contributed by atoms with Crippen LogP contribution in [0.3, 0.4) is 0 Å². The molecular formula is C20H21N3O4S. The third kappa shape index (κ3) is 3.53. The Bertz CT molecular complexity index is 1070. The van der Waals surface area contributed by atoms with Crippen LogP contribution in [-0.2, 0) is 16.4 Å². The Morgan fingerprint density at radius 3 is 2.57 bits per heavy atom. The number of rotatable bonds is 6. The number of hydrogen-bond donors (Lipinski definition) is 0. The number of para-hydroxylation sites is 1. The molecule has 1 aromatic heterocycles. The predicted octanol–water partition coefficient (Wildman–Crippen LogP) is 2.77. The summed E-state index contributed by atoms with van der Waals surface area (Å²) in [6.45, 7) is 2.60. The second kappa shape index (κ2) is 7.37. The molecule has 2 heterocycles. The van der Waals surface area contributed by atoms with E-state index in [0.717, 1.165) is 16.9 Å². The summed E-state index contributed by atoms with van der Waals surface area (Å²) in [4.78, 5) is 4.75. The van der Waals surface area contributed by atoms with Crippen LogP contribution in [0.25, 0.3) is 0 Å². The molecule has 4 rings (SSSR count). The highest BCUT2D eigenvalue weighted by molar-refractivity contribution is 7.89. The zero-order chi connectivity index (χ0) is 19.7. The molecule has 0 amide bonds. The smallest absolute Gasteiger partial charge is 0.243 e. The Hall–Kier alpha value is -2.71. The molecule has 7 nitrogen and oxygen atoms in total. The minimum absolute atomic E-state index is 0.0841. The minimum atomic E-state index is -3.48. The topological polar surface area (TPSA) is 85.5 Å². The van der Waals surface area contributed by atoms with Crippen LogP contribution in [0.1, 0.15) is 28.8 Å². The normalized spacial score (nSPS) is 15.4. The quantitative estimate of drug-likeness (QED) is 0.634. The van der Waals surface area contributed by atoms with Gasteiger partial charge in [-0.1, -0.05) is 41.1 Å². The molecule has 0 unspecified atom stereocenters. The molecule has 1 aliphatic rings. The average Bonchev–Trinajstić information content (AvgIpc) is 3.09. The first-order chi connectivity index (χ1) is 13.5. The van der Waals surface area contributed by atoms with Gasteiger partial charge in [0.2, 0.25) is 15.9 Å².